The van der Waals surface area contributed by atoms with Crippen molar-refractivity contribution in [2.24, 2.45) is 7.05 Å². The molecular weight excluding hydrogens is 458 g/mol. The molecule has 0 saturated carbocycles. The molecule has 0 saturated heterocycles. The summed E-state index contributed by atoms with van der Waals surface area (Å²) in [5, 5.41) is 8.70. The van der Waals surface area contributed by atoms with Crippen molar-refractivity contribution >= 4 is 33.3 Å². The van der Waals surface area contributed by atoms with E-state index in [1.807, 2.05) is 6.07 Å². The third-order valence-electron chi connectivity index (χ3n) is 4.97. The molecule has 0 aliphatic heterocycles. The summed E-state index contributed by atoms with van der Waals surface area (Å²) in [6.07, 6.45) is 0. The molecule has 3 rings (SSSR count). The Labute approximate surface area is 190 Å². The van der Waals surface area contributed by atoms with Gasteiger partial charge in [0.1, 0.15) is 17.2 Å². The summed E-state index contributed by atoms with van der Waals surface area (Å²) < 4.78 is 35.4. The molecule has 0 unspecified atom stereocenters. The summed E-state index contributed by atoms with van der Waals surface area (Å²) in [6, 6.07) is 12.5. The van der Waals surface area contributed by atoms with Crippen molar-refractivity contribution in [1.29, 1.82) is 0 Å². The number of carbonyl (C=O) groups is 1. The third-order valence-corrected chi connectivity index (χ3v) is 7.21. The minimum absolute atomic E-state index is 0.0543. The molecule has 0 radical (unpaired) electrons. The number of aromatic nitrogens is 2. The van der Waals surface area contributed by atoms with Crippen molar-refractivity contribution in [3.8, 4) is 5.69 Å². The Balaban J connectivity index is 2.10. The summed E-state index contributed by atoms with van der Waals surface area (Å²) in [5.74, 6) is -0.808. The van der Waals surface area contributed by atoms with Gasteiger partial charge in [-0.2, -0.15) is 0 Å². The fourth-order valence-corrected chi connectivity index (χ4v) is 4.98. The number of nitrogens with zero attached hydrogens (tertiary/aromatic N) is 3. The smallest absolute Gasteiger partial charge is 0.338 e. The molecule has 2 aromatic carbocycles. The molecule has 170 valence electrons. The van der Waals surface area contributed by atoms with Gasteiger partial charge in [-0.15, -0.1) is 0 Å². The second-order valence-corrected chi connectivity index (χ2v) is 9.23. The predicted molar refractivity (Wildman–Crippen MR) is 120 cm³/mol. The lowest BCUT2D eigenvalue weighted by atomic mass is 10.2. The number of hydrogen-bond acceptors (Lipinski definition) is 6. The zero-order valence-corrected chi connectivity index (χ0v) is 19.2. The molecule has 3 aromatic rings. The molecule has 1 N–H and O–H groups in total. The number of esters is 1. The lowest BCUT2D eigenvalue weighted by Gasteiger charge is -2.19. The van der Waals surface area contributed by atoms with E-state index in [-0.39, 0.29) is 34.4 Å². The number of carbonyl (C=O) groups excluding carboxylic acids is 1. The Kier molecular flexibility index (Phi) is 6.77. The average molecular weight is 480 g/mol. The summed E-state index contributed by atoms with van der Waals surface area (Å²) in [7, 11) is -1.41. The summed E-state index contributed by atoms with van der Waals surface area (Å²) in [5.41, 5.74) is 0.352. The highest BCUT2D eigenvalue weighted by atomic mass is 35.5. The van der Waals surface area contributed by atoms with Gasteiger partial charge in [0.05, 0.1) is 28.6 Å². The van der Waals surface area contributed by atoms with Crippen molar-refractivity contribution in [3.05, 3.63) is 75.2 Å². The van der Waals surface area contributed by atoms with Crippen LogP contribution in [0.15, 0.2) is 58.2 Å². The number of hydrogen-bond donors (Lipinski definition) is 1. The molecule has 0 aliphatic carbocycles. The second kappa shape index (κ2) is 9.19. The van der Waals surface area contributed by atoms with Crippen LogP contribution in [0.25, 0.3) is 5.69 Å². The molecule has 0 amide bonds. The maximum Gasteiger partial charge on any atom is 0.338 e. The lowest BCUT2D eigenvalue weighted by molar-refractivity contribution is 0.0433. The van der Waals surface area contributed by atoms with Crippen molar-refractivity contribution in [1.82, 2.24) is 9.36 Å². The Morgan fingerprint density at radius 2 is 1.84 bits per heavy atom. The first kappa shape index (κ1) is 23.6. The number of ether oxygens (including phenoxy) is 1. The maximum atomic E-state index is 13.4. The Morgan fingerprint density at radius 1 is 1.19 bits per heavy atom. The van der Waals surface area contributed by atoms with Crippen molar-refractivity contribution in [3.63, 3.8) is 0 Å². The van der Waals surface area contributed by atoms with Crippen LogP contribution in [0, 0.1) is 6.92 Å². The Bertz CT molecular complexity index is 1320. The van der Waals surface area contributed by atoms with Crippen molar-refractivity contribution in [2.75, 3.05) is 24.6 Å². The third kappa shape index (κ3) is 4.16. The topological polar surface area (TPSA) is 111 Å². The highest BCUT2D eigenvalue weighted by molar-refractivity contribution is 7.93. The summed E-state index contributed by atoms with van der Waals surface area (Å²) in [6.45, 7) is 1.03. The highest BCUT2D eigenvalue weighted by Gasteiger charge is 2.31. The van der Waals surface area contributed by atoms with Gasteiger partial charge in [-0.3, -0.25) is 13.8 Å². The molecular formula is C21H22ClN3O6S. The molecule has 9 nitrogen and oxygen atoms in total. The van der Waals surface area contributed by atoms with Gasteiger partial charge in [0.25, 0.3) is 15.6 Å². The van der Waals surface area contributed by atoms with E-state index in [0.29, 0.717) is 11.4 Å². The molecule has 1 aromatic heterocycles. The van der Waals surface area contributed by atoms with E-state index in [2.05, 4.69) is 0 Å². The number of anilines is 1. The van der Waals surface area contributed by atoms with Crippen LogP contribution in [0.3, 0.4) is 0 Å². The van der Waals surface area contributed by atoms with E-state index in [1.54, 1.807) is 42.9 Å². The Hall–Kier alpha value is -3.08. The van der Waals surface area contributed by atoms with Gasteiger partial charge < -0.3 is 9.84 Å². The van der Waals surface area contributed by atoms with Crippen LogP contribution >= 0.6 is 11.6 Å². The molecule has 1 heterocycles. The fraction of sp³-hybridized carbons (Fsp3) is 0.238. The monoisotopic (exact) mass is 479 g/mol. The standard InChI is InChI=1S/C21H22ClN3O6S/c1-14-19(20(27)25(23(14)2)16-7-5-4-6-8-16)24(3)32(29,30)18-13-15(9-10-17(18)22)21(28)31-12-11-26/h4-10,13,26H,11-12H2,1-3H3. The lowest BCUT2D eigenvalue weighted by Crippen LogP contribution is -2.32. The molecule has 32 heavy (non-hydrogen) atoms. The van der Waals surface area contributed by atoms with E-state index in [4.69, 9.17) is 21.4 Å². The van der Waals surface area contributed by atoms with Gasteiger partial charge in [0.2, 0.25) is 0 Å². The first-order chi connectivity index (χ1) is 15.1. The van der Waals surface area contributed by atoms with Gasteiger partial charge in [0.15, 0.2) is 0 Å². The van der Waals surface area contributed by atoms with Crippen LogP contribution in [-0.4, -0.2) is 49.1 Å². The van der Waals surface area contributed by atoms with E-state index in [0.717, 1.165) is 10.4 Å². The number of para-hydroxylation sites is 1. The van der Waals surface area contributed by atoms with Crippen molar-refractivity contribution in [2.45, 2.75) is 11.8 Å². The molecule has 11 heteroatoms. The zero-order valence-electron chi connectivity index (χ0n) is 17.6. The van der Waals surface area contributed by atoms with Crippen LogP contribution in [0.2, 0.25) is 5.02 Å². The summed E-state index contributed by atoms with van der Waals surface area (Å²) >= 11 is 6.15. The molecule has 0 aliphatic rings. The first-order valence-corrected chi connectivity index (χ1v) is 11.3. The van der Waals surface area contributed by atoms with Gasteiger partial charge in [0, 0.05) is 14.1 Å². The minimum Gasteiger partial charge on any atom is -0.460 e. The minimum atomic E-state index is -4.31. The number of rotatable bonds is 7. The predicted octanol–water partition coefficient (Wildman–Crippen LogP) is 2.11. The largest absolute Gasteiger partial charge is 0.460 e. The number of aliphatic hydroxyl groups is 1. The van der Waals surface area contributed by atoms with Crippen LogP contribution < -0.4 is 9.86 Å². The van der Waals surface area contributed by atoms with E-state index in [1.165, 1.54) is 23.9 Å². The normalized spacial score (nSPS) is 11.4. The van der Waals surface area contributed by atoms with Crippen LogP contribution in [0.1, 0.15) is 16.1 Å². The van der Waals surface area contributed by atoms with E-state index < -0.39 is 21.6 Å². The number of halogens is 1. The highest BCUT2D eigenvalue weighted by Crippen LogP contribution is 2.29. The quantitative estimate of drug-likeness (QED) is 0.519. The zero-order chi connectivity index (χ0) is 23.6. The number of benzene rings is 2. The second-order valence-electron chi connectivity index (χ2n) is 6.89. The molecule has 0 atom stereocenters. The molecule has 0 bridgehead atoms. The van der Waals surface area contributed by atoms with Gasteiger partial charge in [-0.05, 0) is 37.3 Å². The fourth-order valence-electron chi connectivity index (χ4n) is 3.23. The molecule has 0 fully saturated rings. The van der Waals surface area contributed by atoms with E-state index in [9.17, 15) is 18.0 Å². The maximum absolute atomic E-state index is 13.4. The van der Waals surface area contributed by atoms with Crippen LogP contribution in [0.5, 0.6) is 0 Å². The average Bonchev–Trinajstić information content (AvgIpc) is 3.00. The Morgan fingerprint density at radius 3 is 2.47 bits per heavy atom. The van der Waals surface area contributed by atoms with Gasteiger partial charge >= 0.3 is 5.97 Å². The van der Waals surface area contributed by atoms with Crippen LogP contribution in [0.4, 0.5) is 5.69 Å². The van der Waals surface area contributed by atoms with E-state index >= 15 is 0 Å². The SMILES string of the molecule is Cc1c(N(C)S(=O)(=O)c2cc(C(=O)OCCO)ccc2Cl)c(=O)n(-c2ccccc2)n1C. The van der Waals surface area contributed by atoms with Crippen molar-refractivity contribution < 1.29 is 23.1 Å². The van der Waals surface area contributed by atoms with Gasteiger partial charge in [-0.1, -0.05) is 29.8 Å². The number of aliphatic hydroxyl groups excluding tert-OH is 1. The summed E-state index contributed by atoms with van der Waals surface area (Å²) in [4.78, 5) is 25.0. The van der Waals surface area contributed by atoms with Gasteiger partial charge in [-0.25, -0.2) is 17.9 Å². The number of sulfonamides is 1. The van der Waals surface area contributed by atoms with Crippen LogP contribution in [-0.2, 0) is 21.8 Å². The molecule has 0 spiro atoms. The first-order valence-electron chi connectivity index (χ1n) is 9.51.